The van der Waals surface area contributed by atoms with Gasteiger partial charge in [0.25, 0.3) is 5.91 Å². The lowest BCUT2D eigenvalue weighted by molar-refractivity contribution is 0.0714. The predicted molar refractivity (Wildman–Crippen MR) is 70.5 cm³/mol. The molecule has 0 unspecified atom stereocenters. The lowest BCUT2D eigenvalue weighted by Gasteiger charge is -2.30. The van der Waals surface area contributed by atoms with E-state index in [1.807, 2.05) is 0 Å². The summed E-state index contributed by atoms with van der Waals surface area (Å²) in [6, 6.07) is 3.02. The van der Waals surface area contributed by atoms with Crippen LogP contribution in [0.15, 0.2) is 23.4 Å². The Labute approximate surface area is 112 Å². The average Bonchev–Trinajstić information content (AvgIpc) is 2.38. The third-order valence-electron chi connectivity index (χ3n) is 3.19. The molecule has 7 heteroatoms. The molecule has 0 aliphatic carbocycles. The number of likely N-dealkylation sites (tertiary alicyclic amines) is 1. The molecule has 104 valence electrons. The van der Waals surface area contributed by atoms with Crippen molar-refractivity contribution in [3.05, 3.63) is 23.9 Å². The first-order chi connectivity index (χ1) is 8.88. The van der Waals surface area contributed by atoms with Crippen molar-refractivity contribution in [1.82, 2.24) is 9.88 Å². The van der Waals surface area contributed by atoms with Crippen LogP contribution in [-0.2, 0) is 9.84 Å². The van der Waals surface area contributed by atoms with Crippen molar-refractivity contribution in [1.29, 1.82) is 0 Å². The topological polar surface area (TPSA) is 93.4 Å². The summed E-state index contributed by atoms with van der Waals surface area (Å²) in [5.74, 6) is -0.126. The van der Waals surface area contributed by atoms with E-state index in [9.17, 15) is 13.2 Å². The highest BCUT2D eigenvalue weighted by Gasteiger charge is 2.22. The summed E-state index contributed by atoms with van der Waals surface area (Å²) >= 11 is 0. The molecule has 1 aromatic rings. The Hall–Kier alpha value is -1.47. The van der Waals surface area contributed by atoms with E-state index in [4.69, 9.17) is 5.73 Å². The Kier molecular flexibility index (Phi) is 3.86. The van der Waals surface area contributed by atoms with Gasteiger partial charge in [0.05, 0.1) is 5.56 Å². The number of rotatable bonds is 2. The molecule has 1 aliphatic rings. The fourth-order valence-electron chi connectivity index (χ4n) is 2.01. The van der Waals surface area contributed by atoms with E-state index in [0.29, 0.717) is 18.7 Å². The zero-order chi connectivity index (χ0) is 14.0. The van der Waals surface area contributed by atoms with Crippen molar-refractivity contribution < 1.29 is 13.2 Å². The molecule has 0 bridgehead atoms. The van der Waals surface area contributed by atoms with Crippen LogP contribution in [0.1, 0.15) is 23.2 Å². The number of sulfone groups is 1. The van der Waals surface area contributed by atoms with Crippen molar-refractivity contribution >= 4 is 15.7 Å². The smallest absolute Gasteiger partial charge is 0.255 e. The Bertz CT molecular complexity index is 560. The largest absolute Gasteiger partial charge is 0.338 e. The first-order valence-corrected chi connectivity index (χ1v) is 7.98. The maximum atomic E-state index is 12.2. The second kappa shape index (κ2) is 5.26. The summed E-state index contributed by atoms with van der Waals surface area (Å²) in [6.45, 7) is 1.27. The van der Waals surface area contributed by atoms with Gasteiger partial charge in [-0.15, -0.1) is 0 Å². The molecule has 1 saturated heterocycles. The molecule has 0 saturated carbocycles. The van der Waals surface area contributed by atoms with Crippen molar-refractivity contribution in [2.24, 2.45) is 5.73 Å². The molecule has 1 amide bonds. The zero-order valence-electron chi connectivity index (χ0n) is 10.7. The molecule has 0 spiro atoms. The van der Waals surface area contributed by atoms with E-state index in [1.165, 1.54) is 18.3 Å². The van der Waals surface area contributed by atoms with Gasteiger partial charge in [0.15, 0.2) is 14.9 Å². The fraction of sp³-hybridized carbons (Fsp3) is 0.500. The van der Waals surface area contributed by atoms with Crippen molar-refractivity contribution in [2.45, 2.75) is 23.9 Å². The normalized spacial score (nSPS) is 17.5. The van der Waals surface area contributed by atoms with E-state index < -0.39 is 9.84 Å². The molecule has 6 nitrogen and oxygen atoms in total. The Morgan fingerprint density at radius 3 is 2.47 bits per heavy atom. The highest BCUT2D eigenvalue weighted by molar-refractivity contribution is 7.90. The Balaban J connectivity index is 2.12. The van der Waals surface area contributed by atoms with Crippen molar-refractivity contribution in [3.8, 4) is 0 Å². The number of nitrogens with two attached hydrogens (primary N) is 1. The van der Waals surface area contributed by atoms with Crippen LogP contribution in [0.5, 0.6) is 0 Å². The highest BCUT2D eigenvalue weighted by atomic mass is 32.2. The van der Waals surface area contributed by atoms with Gasteiger partial charge in [-0.2, -0.15) is 0 Å². The summed E-state index contributed by atoms with van der Waals surface area (Å²) in [5, 5.41) is -0.0234. The lowest BCUT2D eigenvalue weighted by Crippen LogP contribution is -2.42. The van der Waals surface area contributed by atoms with Crippen LogP contribution in [0.4, 0.5) is 0 Å². The maximum absolute atomic E-state index is 12.2. The monoisotopic (exact) mass is 283 g/mol. The molecule has 1 fully saturated rings. The van der Waals surface area contributed by atoms with Crippen LogP contribution in [0.2, 0.25) is 0 Å². The second-order valence-corrected chi connectivity index (χ2v) is 6.75. The fourth-order valence-corrected chi connectivity index (χ4v) is 2.57. The number of carbonyl (C=O) groups excluding carboxylic acids is 1. The molecule has 19 heavy (non-hydrogen) atoms. The Morgan fingerprint density at radius 2 is 2.00 bits per heavy atom. The lowest BCUT2D eigenvalue weighted by atomic mass is 10.1. The van der Waals surface area contributed by atoms with Gasteiger partial charge in [-0.05, 0) is 25.0 Å². The number of aromatic nitrogens is 1. The van der Waals surface area contributed by atoms with Gasteiger partial charge in [-0.3, -0.25) is 4.79 Å². The van der Waals surface area contributed by atoms with E-state index in [2.05, 4.69) is 4.98 Å². The van der Waals surface area contributed by atoms with Gasteiger partial charge in [-0.25, -0.2) is 13.4 Å². The molecule has 0 atom stereocenters. The number of piperidine rings is 1. The van der Waals surface area contributed by atoms with Crippen LogP contribution < -0.4 is 5.73 Å². The molecule has 2 heterocycles. The number of nitrogens with zero attached hydrogens (tertiary/aromatic N) is 2. The molecule has 2 rings (SSSR count). The third kappa shape index (κ3) is 3.30. The van der Waals surface area contributed by atoms with Crippen molar-refractivity contribution in [3.63, 3.8) is 0 Å². The zero-order valence-corrected chi connectivity index (χ0v) is 11.6. The number of hydrogen-bond donors (Lipinski definition) is 1. The number of carbonyl (C=O) groups is 1. The van der Waals surface area contributed by atoms with Gasteiger partial charge < -0.3 is 10.6 Å². The van der Waals surface area contributed by atoms with Gasteiger partial charge in [0.2, 0.25) is 0 Å². The number of hydrogen-bond acceptors (Lipinski definition) is 5. The molecular formula is C12H17N3O3S. The SMILES string of the molecule is CS(=O)(=O)c1ccc(C(=O)N2CCC(N)CC2)cn1. The summed E-state index contributed by atoms with van der Waals surface area (Å²) in [4.78, 5) is 17.7. The standard InChI is InChI=1S/C12H17N3O3S/c1-19(17,18)11-3-2-9(8-14-11)12(16)15-6-4-10(13)5-7-15/h2-3,8,10H,4-7,13H2,1H3. The quantitative estimate of drug-likeness (QED) is 0.827. The van der Waals surface area contributed by atoms with E-state index in [0.717, 1.165) is 19.1 Å². The average molecular weight is 283 g/mol. The molecule has 1 aromatic heterocycles. The maximum Gasteiger partial charge on any atom is 0.255 e. The minimum Gasteiger partial charge on any atom is -0.338 e. The van der Waals surface area contributed by atoms with Gasteiger partial charge in [0, 0.05) is 31.6 Å². The molecule has 2 N–H and O–H groups in total. The van der Waals surface area contributed by atoms with Crippen LogP contribution in [0, 0.1) is 0 Å². The van der Waals surface area contributed by atoms with Gasteiger partial charge >= 0.3 is 0 Å². The van der Waals surface area contributed by atoms with Gasteiger partial charge in [-0.1, -0.05) is 0 Å². The van der Waals surface area contributed by atoms with Crippen LogP contribution in [0.3, 0.4) is 0 Å². The van der Waals surface area contributed by atoms with Crippen LogP contribution >= 0.6 is 0 Å². The van der Waals surface area contributed by atoms with E-state index >= 15 is 0 Å². The molecule has 0 aromatic carbocycles. The van der Waals surface area contributed by atoms with Crippen LogP contribution in [0.25, 0.3) is 0 Å². The second-order valence-electron chi connectivity index (χ2n) is 4.79. The highest BCUT2D eigenvalue weighted by Crippen LogP contribution is 2.13. The third-order valence-corrected chi connectivity index (χ3v) is 4.19. The number of pyridine rings is 1. The summed E-state index contributed by atoms with van der Waals surface area (Å²) in [7, 11) is -3.33. The summed E-state index contributed by atoms with van der Waals surface area (Å²) < 4.78 is 22.6. The molecule has 0 radical (unpaired) electrons. The summed E-state index contributed by atoms with van der Waals surface area (Å²) in [5.41, 5.74) is 6.19. The minimum atomic E-state index is -3.33. The first-order valence-electron chi connectivity index (χ1n) is 6.09. The molecular weight excluding hydrogens is 266 g/mol. The molecule has 1 aliphatic heterocycles. The first kappa shape index (κ1) is 14.0. The van der Waals surface area contributed by atoms with E-state index in [-0.39, 0.29) is 17.0 Å². The van der Waals surface area contributed by atoms with Crippen molar-refractivity contribution in [2.75, 3.05) is 19.3 Å². The van der Waals surface area contributed by atoms with Crippen LogP contribution in [-0.4, -0.2) is 49.6 Å². The Morgan fingerprint density at radius 1 is 1.37 bits per heavy atom. The van der Waals surface area contributed by atoms with E-state index in [1.54, 1.807) is 4.90 Å². The minimum absolute atomic E-state index is 0.0234. The number of amides is 1. The summed E-state index contributed by atoms with van der Waals surface area (Å²) in [6.07, 6.45) is 3.98. The van der Waals surface area contributed by atoms with Gasteiger partial charge in [0.1, 0.15) is 0 Å². The predicted octanol–water partition coefficient (Wildman–Crippen LogP) is 0.0484.